The predicted molar refractivity (Wildman–Crippen MR) is 65.1 cm³/mol. The Labute approximate surface area is 110 Å². The van der Waals surface area contributed by atoms with E-state index in [1.807, 2.05) is 6.92 Å². The highest BCUT2D eigenvalue weighted by atomic mass is 32.2. The van der Waals surface area contributed by atoms with E-state index in [9.17, 15) is 18.0 Å². The van der Waals surface area contributed by atoms with E-state index in [-0.39, 0.29) is 11.2 Å². The van der Waals surface area contributed by atoms with E-state index < -0.39 is 17.6 Å². The normalized spacial score (nSPS) is 12.0. The Kier molecular flexibility index (Phi) is 3.44. The van der Waals surface area contributed by atoms with E-state index in [0.29, 0.717) is 10.8 Å². The van der Waals surface area contributed by atoms with Crippen LogP contribution in [-0.4, -0.2) is 21.0 Å². The van der Waals surface area contributed by atoms with Crippen molar-refractivity contribution in [1.82, 2.24) is 9.38 Å². The predicted octanol–water partition coefficient (Wildman–Crippen LogP) is 2.56. The maximum Gasteiger partial charge on any atom is 0.417 e. The van der Waals surface area contributed by atoms with Crippen LogP contribution >= 0.6 is 11.8 Å². The molecule has 2 aromatic heterocycles. The van der Waals surface area contributed by atoms with Gasteiger partial charge in [-0.3, -0.25) is 9.20 Å². The largest absolute Gasteiger partial charge is 0.417 e. The summed E-state index contributed by atoms with van der Waals surface area (Å²) in [5.41, 5.74) is 4.08. The zero-order valence-corrected chi connectivity index (χ0v) is 10.7. The molecule has 102 valence electrons. The van der Waals surface area contributed by atoms with Gasteiger partial charge >= 0.3 is 6.18 Å². The van der Waals surface area contributed by atoms with Crippen molar-refractivity contribution in [2.45, 2.75) is 18.1 Å². The lowest BCUT2D eigenvalue weighted by Crippen LogP contribution is -2.16. The first-order valence-electron chi connectivity index (χ1n) is 5.35. The topological polar surface area (TPSA) is 60.4 Å². The Morgan fingerprint density at radius 3 is 2.74 bits per heavy atom. The second-order valence-corrected chi connectivity index (χ2v) is 5.01. The molecule has 0 atom stereocenters. The number of imidazole rings is 1. The molecule has 19 heavy (non-hydrogen) atoms. The number of pyridine rings is 1. The lowest BCUT2D eigenvalue weighted by Gasteiger charge is -2.10. The van der Waals surface area contributed by atoms with Gasteiger partial charge < -0.3 is 5.73 Å². The molecule has 0 aromatic carbocycles. The molecule has 0 bridgehead atoms. The Bertz CT molecular complexity index is 636. The quantitative estimate of drug-likeness (QED) is 0.883. The summed E-state index contributed by atoms with van der Waals surface area (Å²) in [6, 6.07) is 0.727. The average molecular weight is 289 g/mol. The van der Waals surface area contributed by atoms with Crippen LogP contribution in [0, 0.1) is 0 Å². The fraction of sp³-hybridized carbons (Fsp3) is 0.273. The number of hydrogen-bond donors (Lipinski definition) is 1. The first-order valence-corrected chi connectivity index (χ1v) is 6.34. The van der Waals surface area contributed by atoms with Crippen molar-refractivity contribution in [3.8, 4) is 0 Å². The minimum absolute atomic E-state index is 0.136. The van der Waals surface area contributed by atoms with Gasteiger partial charge in [0.1, 0.15) is 5.65 Å². The number of carbonyl (C=O) groups excluding carboxylic acids is 1. The van der Waals surface area contributed by atoms with E-state index in [1.165, 1.54) is 22.4 Å². The van der Waals surface area contributed by atoms with E-state index in [1.54, 1.807) is 0 Å². The van der Waals surface area contributed by atoms with Gasteiger partial charge in [-0.1, -0.05) is 6.92 Å². The van der Waals surface area contributed by atoms with E-state index in [0.717, 1.165) is 12.3 Å². The molecule has 2 rings (SSSR count). The lowest BCUT2D eigenvalue weighted by atomic mass is 10.2. The molecular weight excluding hydrogens is 279 g/mol. The lowest BCUT2D eigenvalue weighted by molar-refractivity contribution is -0.137. The van der Waals surface area contributed by atoms with Gasteiger partial charge in [-0.2, -0.15) is 13.2 Å². The van der Waals surface area contributed by atoms with Crippen molar-refractivity contribution in [3.05, 3.63) is 29.6 Å². The third kappa shape index (κ3) is 2.53. The molecule has 0 radical (unpaired) electrons. The van der Waals surface area contributed by atoms with Crippen LogP contribution in [0.15, 0.2) is 23.5 Å². The van der Waals surface area contributed by atoms with Crippen molar-refractivity contribution >= 4 is 23.3 Å². The fourth-order valence-corrected chi connectivity index (χ4v) is 2.36. The summed E-state index contributed by atoms with van der Waals surface area (Å²) < 4.78 is 39.6. The highest BCUT2D eigenvalue weighted by molar-refractivity contribution is 7.99. The highest BCUT2D eigenvalue weighted by Crippen LogP contribution is 2.32. The second kappa shape index (κ2) is 4.76. The number of amides is 1. The van der Waals surface area contributed by atoms with Gasteiger partial charge in [-0.25, -0.2) is 4.98 Å². The number of nitrogens with two attached hydrogens (primary N) is 1. The van der Waals surface area contributed by atoms with Crippen LogP contribution < -0.4 is 5.73 Å². The van der Waals surface area contributed by atoms with E-state index in [2.05, 4.69) is 4.98 Å². The van der Waals surface area contributed by atoms with Gasteiger partial charge in [0.25, 0.3) is 5.91 Å². The van der Waals surface area contributed by atoms with Gasteiger partial charge in [0.05, 0.1) is 22.3 Å². The molecule has 0 saturated heterocycles. The molecular formula is C11H10F3N3OS. The van der Waals surface area contributed by atoms with Crippen molar-refractivity contribution in [3.63, 3.8) is 0 Å². The minimum atomic E-state index is -4.54. The molecule has 2 heterocycles. The SMILES string of the molecule is CCSc1cnc2c(C(N)=O)cc(C(F)(F)F)cn12. The van der Waals surface area contributed by atoms with Gasteiger partial charge in [-0.05, 0) is 11.8 Å². The summed E-state index contributed by atoms with van der Waals surface area (Å²) in [5, 5.41) is 0.533. The smallest absolute Gasteiger partial charge is 0.365 e. The molecule has 4 nitrogen and oxygen atoms in total. The molecule has 0 fully saturated rings. The Morgan fingerprint density at radius 1 is 1.53 bits per heavy atom. The van der Waals surface area contributed by atoms with Crippen LogP contribution in [0.3, 0.4) is 0 Å². The summed E-state index contributed by atoms with van der Waals surface area (Å²) in [4.78, 5) is 15.2. The van der Waals surface area contributed by atoms with E-state index in [4.69, 9.17) is 5.73 Å². The van der Waals surface area contributed by atoms with Crippen molar-refractivity contribution in [2.75, 3.05) is 5.75 Å². The number of fused-ring (bicyclic) bond motifs is 1. The standard InChI is InChI=1S/C11H10F3N3OS/c1-2-19-8-4-16-10-7(9(15)18)3-6(5-17(8)10)11(12,13)14/h3-5H,2H2,1H3,(H2,15,18). The number of primary amides is 1. The summed E-state index contributed by atoms with van der Waals surface area (Å²) in [5.74, 6) is -0.259. The number of halogens is 3. The Hall–Kier alpha value is -1.70. The second-order valence-electron chi connectivity index (χ2n) is 3.73. The summed E-state index contributed by atoms with van der Waals surface area (Å²) in [7, 11) is 0. The zero-order valence-electron chi connectivity index (χ0n) is 9.86. The summed E-state index contributed by atoms with van der Waals surface area (Å²) in [6.07, 6.45) is -2.19. The summed E-state index contributed by atoms with van der Waals surface area (Å²) >= 11 is 1.33. The van der Waals surface area contributed by atoms with Crippen LogP contribution in [0.1, 0.15) is 22.8 Å². The average Bonchev–Trinajstić information content (AvgIpc) is 2.70. The molecule has 0 saturated carbocycles. The highest BCUT2D eigenvalue weighted by Gasteiger charge is 2.32. The van der Waals surface area contributed by atoms with Gasteiger partial charge in [0.15, 0.2) is 0 Å². The minimum Gasteiger partial charge on any atom is -0.365 e. The fourth-order valence-electron chi connectivity index (χ4n) is 1.66. The molecule has 0 spiro atoms. The van der Waals surface area contributed by atoms with Gasteiger partial charge in [-0.15, -0.1) is 11.8 Å². The Morgan fingerprint density at radius 2 is 2.21 bits per heavy atom. The number of alkyl halides is 3. The van der Waals surface area contributed by atoms with Crippen LogP contribution in [0.4, 0.5) is 13.2 Å². The molecule has 1 amide bonds. The van der Waals surface area contributed by atoms with Gasteiger partial charge in [0.2, 0.25) is 0 Å². The number of aromatic nitrogens is 2. The number of nitrogens with zero attached hydrogens (tertiary/aromatic N) is 2. The summed E-state index contributed by atoms with van der Waals surface area (Å²) in [6.45, 7) is 1.87. The van der Waals surface area contributed by atoms with Gasteiger partial charge in [0, 0.05) is 6.20 Å². The van der Waals surface area contributed by atoms with Crippen LogP contribution in [-0.2, 0) is 6.18 Å². The van der Waals surface area contributed by atoms with Crippen LogP contribution in [0.25, 0.3) is 5.65 Å². The molecule has 0 aliphatic heterocycles. The third-order valence-electron chi connectivity index (χ3n) is 2.46. The Balaban J connectivity index is 2.75. The molecule has 0 unspecified atom stereocenters. The number of thioether (sulfide) groups is 1. The molecule has 2 N–H and O–H groups in total. The number of hydrogen-bond acceptors (Lipinski definition) is 3. The first-order chi connectivity index (χ1) is 8.84. The van der Waals surface area contributed by atoms with Crippen molar-refractivity contribution in [2.24, 2.45) is 5.73 Å². The third-order valence-corrected chi connectivity index (χ3v) is 3.34. The molecule has 8 heteroatoms. The number of carbonyl (C=O) groups is 1. The maximum atomic E-state index is 12.8. The zero-order chi connectivity index (χ0) is 14.2. The first kappa shape index (κ1) is 13.7. The molecule has 0 aliphatic rings. The monoisotopic (exact) mass is 289 g/mol. The van der Waals surface area contributed by atoms with Crippen LogP contribution in [0.2, 0.25) is 0 Å². The molecule has 0 aliphatic carbocycles. The van der Waals surface area contributed by atoms with Crippen molar-refractivity contribution in [1.29, 1.82) is 0 Å². The van der Waals surface area contributed by atoms with Crippen LogP contribution in [0.5, 0.6) is 0 Å². The van der Waals surface area contributed by atoms with Crippen molar-refractivity contribution < 1.29 is 18.0 Å². The molecule has 2 aromatic rings. The van der Waals surface area contributed by atoms with E-state index >= 15 is 0 Å². The number of rotatable bonds is 3. The maximum absolute atomic E-state index is 12.8.